The summed E-state index contributed by atoms with van der Waals surface area (Å²) in [7, 11) is 0. The molecule has 1 aliphatic rings. The van der Waals surface area contributed by atoms with E-state index in [9.17, 15) is 0 Å². The molecule has 0 unspecified atom stereocenters. The van der Waals surface area contributed by atoms with Crippen LogP contribution < -0.4 is 0 Å². The lowest BCUT2D eigenvalue weighted by Gasteiger charge is -2.14. The van der Waals surface area contributed by atoms with Crippen LogP contribution in [0.1, 0.15) is 16.7 Å². The van der Waals surface area contributed by atoms with E-state index in [1.807, 2.05) is 0 Å². The highest BCUT2D eigenvalue weighted by atomic mass is 14.2. The molecule has 0 radical (unpaired) electrons. The third-order valence-electron chi connectivity index (χ3n) is 5.28. The molecule has 4 aromatic carbocycles. The fraction of sp³-hybridized carbons (Fsp3) is 0.130. The highest BCUT2D eigenvalue weighted by molar-refractivity contribution is 6.08. The Morgan fingerprint density at radius 1 is 0.652 bits per heavy atom. The molecule has 1 aliphatic carbocycles. The fourth-order valence-corrected chi connectivity index (χ4v) is 4.20. The highest BCUT2D eigenvalue weighted by Gasteiger charge is 2.18. The molecule has 0 saturated heterocycles. The van der Waals surface area contributed by atoms with Crippen LogP contribution in [0.4, 0.5) is 0 Å². The molecular formula is C23H18. The van der Waals surface area contributed by atoms with Crippen molar-refractivity contribution < 1.29 is 0 Å². The fourth-order valence-electron chi connectivity index (χ4n) is 4.20. The molecule has 4 aromatic rings. The van der Waals surface area contributed by atoms with Crippen LogP contribution in [0.25, 0.3) is 32.7 Å². The van der Waals surface area contributed by atoms with Gasteiger partial charge in [0.1, 0.15) is 0 Å². The van der Waals surface area contributed by atoms with Crippen molar-refractivity contribution in [2.45, 2.75) is 19.8 Å². The Bertz CT molecular complexity index is 1060. The van der Waals surface area contributed by atoms with Gasteiger partial charge in [0, 0.05) is 0 Å². The van der Waals surface area contributed by atoms with Crippen molar-refractivity contribution in [3.8, 4) is 11.1 Å². The molecule has 0 heteroatoms. The second-order valence-corrected chi connectivity index (χ2v) is 6.59. The summed E-state index contributed by atoms with van der Waals surface area (Å²) in [5.74, 6) is 0. The molecule has 0 saturated carbocycles. The topological polar surface area (TPSA) is 0 Å². The quantitative estimate of drug-likeness (QED) is 0.400. The van der Waals surface area contributed by atoms with Crippen LogP contribution in [0, 0.1) is 6.92 Å². The van der Waals surface area contributed by atoms with E-state index >= 15 is 0 Å². The maximum atomic E-state index is 2.34. The van der Waals surface area contributed by atoms with Gasteiger partial charge in [-0.15, -0.1) is 0 Å². The number of hydrogen-bond acceptors (Lipinski definition) is 0. The van der Waals surface area contributed by atoms with Gasteiger partial charge < -0.3 is 0 Å². The van der Waals surface area contributed by atoms with Crippen molar-refractivity contribution in [3.63, 3.8) is 0 Å². The zero-order valence-electron chi connectivity index (χ0n) is 13.3. The van der Waals surface area contributed by atoms with E-state index in [-0.39, 0.29) is 0 Å². The lowest BCUT2D eigenvalue weighted by atomic mass is 9.89. The van der Waals surface area contributed by atoms with E-state index < -0.39 is 0 Å². The number of benzene rings is 4. The standard InChI is InChI=1S/C23H18/c1-15-9-10-16-5-2-3-7-19(16)22(15)21-14-13-18-12-11-17-6-4-8-20(21)23(17)18/h2-10,13-14H,11-12H2,1H3. The second-order valence-electron chi connectivity index (χ2n) is 6.59. The number of aryl methyl sites for hydroxylation is 3. The molecule has 0 amide bonds. The highest BCUT2D eigenvalue weighted by Crippen LogP contribution is 2.40. The predicted molar refractivity (Wildman–Crippen MR) is 99.0 cm³/mol. The maximum Gasteiger partial charge on any atom is -0.00699 e. The van der Waals surface area contributed by atoms with Crippen LogP contribution in [0.15, 0.2) is 66.7 Å². The van der Waals surface area contributed by atoms with Gasteiger partial charge >= 0.3 is 0 Å². The second kappa shape index (κ2) is 4.70. The average Bonchev–Trinajstić information content (AvgIpc) is 3.01. The monoisotopic (exact) mass is 294 g/mol. The Hall–Kier alpha value is -2.60. The first-order chi connectivity index (χ1) is 11.3. The van der Waals surface area contributed by atoms with Gasteiger partial charge in [0.2, 0.25) is 0 Å². The van der Waals surface area contributed by atoms with Gasteiger partial charge in [0.15, 0.2) is 0 Å². The van der Waals surface area contributed by atoms with Crippen LogP contribution in [0.5, 0.6) is 0 Å². The molecule has 0 nitrogen and oxygen atoms in total. The van der Waals surface area contributed by atoms with Crippen molar-refractivity contribution in [1.29, 1.82) is 0 Å². The average molecular weight is 294 g/mol. The van der Waals surface area contributed by atoms with E-state index in [1.165, 1.54) is 62.2 Å². The maximum absolute atomic E-state index is 2.34. The minimum atomic E-state index is 1.19. The van der Waals surface area contributed by atoms with E-state index in [0.29, 0.717) is 0 Å². The van der Waals surface area contributed by atoms with Crippen molar-refractivity contribution in [3.05, 3.63) is 83.4 Å². The molecule has 0 spiro atoms. The van der Waals surface area contributed by atoms with E-state index in [1.54, 1.807) is 0 Å². The van der Waals surface area contributed by atoms with E-state index in [0.717, 1.165) is 0 Å². The molecule has 23 heavy (non-hydrogen) atoms. The Kier molecular flexibility index (Phi) is 2.63. The molecule has 0 bridgehead atoms. The predicted octanol–water partition coefficient (Wildman–Crippen LogP) is 6.07. The molecule has 110 valence electrons. The van der Waals surface area contributed by atoms with Gasteiger partial charge in [0.05, 0.1) is 0 Å². The summed E-state index contributed by atoms with van der Waals surface area (Å²) < 4.78 is 0. The first-order valence-electron chi connectivity index (χ1n) is 8.35. The van der Waals surface area contributed by atoms with Crippen molar-refractivity contribution >= 4 is 21.5 Å². The minimum Gasteiger partial charge on any atom is -0.0616 e. The summed E-state index contributed by atoms with van der Waals surface area (Å²) in [6, 6.07) is 24.7. The first kappa shape index (κ1) is 12.9. The largest absolute Gasteiger partial charge is 0.0616 e. The lowest BCUT2D eigenvalue weighted by Crippen LogP contribution is -1.89. The third kappa shape index (κ3) is 1.78. The minimum absolute atomic E-state index is 1.19. The van der Waals surface area contributed by atoms with Gasteiger partial charge in [-0.25, -0.2) is 0 Å². The van der Waals surface area contributed by atoms with Gasteiger partial charge in [-0.2, -0.15) is 0 Å². The smallest absolute Gasteiger partial charge is 0.00699 e. The van der Waals surface area contributed by atoms with Crippen LogP contribution in [0.3, 0.4) is 0 Å². The third-order valence-corrected chi connectivity index (χ3v) is 5.28. The molecular weight excluding hydrogens is 276 g/mol. The van der Waals surface area contributed by atoms with Crippen molar-refractivity contribution in [2.75, 3.05) is 0 Å². The number of hydrogen-bond donors (Lipinski definition) is 0. The van der Waals surface area contributed by atoms with Crippen LogP contribution in [-0.2, 0) is 12.8 Å². The normalized spacial score (nSPS) is 13.1. The molecule has 0 atom stereocenters. The van der Waals surface area contributed by atoms with Crippen molar-refractivity contribution in [2.24, 2.45) is 0 Å². The molecule has 0 aromatic heterocycles. The summed E-state index contributed by atoms with van der Waals surface area (Å²) in [6.45, 7) is 2.23. The Morgan fingerprint density at radius 2 is 1.43 bits per heavy atom. The number of rotatable bonds is 1. The lowest BCUT2D eigenvalue weighted by molar-refractivity contribution is 1.02. The van der Waals surface area contributed by atoms with Gasteiger partial charge in [-0.1, -0.05) is 66.7 Å². The molecule has 0 fully saturated rings. The molecule has 0 aliphatic heterocycles. The summed E-state index contributed by atoms with van der Waals surface area (Å²) in [6.07, 6.45) is 2.37. The first-order valence-corrected chi connectivity index (χ1v) is 8.35. The van der Waals surface area contributed by atoms with Crippen LogP contribution in [0.2, 0.25) is 0 Å². The molecule has 0 heterocycles. The zero-order valence-corrected chi connectivity index (χ0v) is 13.3. The van der Waals surface area contributed by atoms with Crippen LogP contribution in [-0.4, -0.2) is 0 Å². The van der Waals surface area contributed by atoms with Crippen LogP contribution >= 0.6 is 0 Å². The van der Waals surface area contributed by atoms with E-state index in [4.69, 9.17) is 0 Å². The zero-order chi connectivity index (χ0) is 15.4. The Morgan fingerprint density at radius 3 is 2.35 bits per heavy atom. The Labute approximate surface area is 136 Å². The summed E-state index contributed by atoms with van der Waals surface area (Å²) in [5.41, 5.74) is 7.14. The summed E-state index contributed by atoms with van der Waals surface area (Å²) in [4.78, 5) is 0. The summed E-state index contributed by atoms with van der Waals surface area (Å²) in [5, 5.41) is 5.58. The van der Waals surface area contributed by atoms with Gasteiger partial charge in [-0.05, 0) is 69.1 Å². The van der Waals surface area contributed by atoms with Gasteiger partial charge in [0.25, 0.3) is 0 Å². The Balaban J connectivity index is 1.95. The van der Waals surface area contributed by atoms with E-state index in [2.05, 4.69) is 73.7 Å². The molecule has 0 N–H and O–H groups in total. The summed E-state index contributed by atoms with van der Waals surface area (Å²) >= 11 is 0. The van der Waals surface area contributed by atoms with Crippen molar-refractivity contribution in [1.82, 2.24) is 0 Å². The SMILES string of the molecule is Cc1ccc2ccccc2c1-c1ccc2c3c(cccc13)CC2. The molecule has 5 rings (SSSR count). The van der Waals surface area contributed by atoms with Gasteiger partial charge in [-0.3, -0.25) is 0 Å². The number of fused-ring (bicyclic) bond motifs is 1.